The second-order valence-corrected chi connectivity index (χ2v) is 6.45. The van der Waals surface area contributed by atoms with E-state index in [1.165, 1.54) is 10.7 Å². The molecule has 0 bridgehead atoms. The molecule has 1 aromatic carbocycles. The maximum Gasteiger partial charge on any atom is 0.416 e. The highest BCUT2D eigenvalue weighted by atomic mass is 19.4. The number of tetrazole rings is 1. The molecule has 1 aromatic heterocycles. The average Bonchev–Trinajstić information content (AvgIpc) is 3.05. The Kier molecular flexibility index (Phi) is 4.33. The molecule has 0 unspecified atom stereocenters. The highest BCUT2D eigenvalue weighted by Crippen LogP contribution is 2.40. The van der Waals surface area contributed by atoms with Crippen LogP contribution in [0.2, 0.25) is 0 Å². The lowest BCUT2D eigenvalue weighted by Crippen LogP contribution is -2.45. The van der Waals surface area contributed by atoms with Crippen LogP contribution in [0.15, 0.2) is 24.3 Å². The predicted octanol–water partition coefficient (Wildman–Crippen LogP) is 3.40. The van der Waals surface area contributed by atoms with Crippen LogP contribution in [0.4, 0.5) is 13.2 Å². The molecule has 5 nitrogen and oxygen atoms in total. The Morgan fingerprint density at radius 3 is 2.46 bits per heavy atom. The molecule has 1 saturated carbocycles. The highest BCUT2D eigenvalue weighted by molar-refractivity contribution is 5.37. The van der Waals surface area contributed by atoms with Crippen LogP contribution >= 0.6 is 0 Å². The lowest BCUT2D eigenvalue weighted by atomic mass is 9.80. The molecule has 0 atom stereocenters. The SMILES string of the molecule is CN(C)C1(c2nnnn2-c2cccc(C(F)(F)F)c2)CCCCC1. The fourth-order valence-corrected chi connectivity index (χ4v) is 3.47. The summed E-state index contributed by atoms with van der Waals surface area (Å²) in [5, 5.41) is 11.9. The lowest BCUT2D eigenvalue weighted by Gasteiger charge is -2.41. The quantitative estimate of drug-likeness (QED) is 0.860. The molecule has 0 radical (unpaired) electrons. The zero-order chi connectivity index (χ0) is 17.4. The van der Waals surface area contributed by atoms with Gasteiger partial charge in [0.1, 0.15) is 0 Å². The van der Waals surface area contributed by atoms with E-state index in [-0.39, 0.29) is 5.54 Å². The third-order valence-corrected chi connectivity index (χ3v) is 4.84. The van der Waals surface area contributed by atoms with Crippen LogP contribution in [0.25, 0.3) is 5.69 Å². The van der Waals surface area contributed by atoms with Gasteiger partial charge in [0.25, 0.3) is 0 Å². The molecule has 1 heterocycles. The first kappa shape index (κ1) is 16.9. The molecular formula is C16H20F3N5. The summed E-state index contributed by atoms with van der Waals surface area (Å²) >= 11 is 0. The van der Waals surface area contributed by atoms with Gasteiger partial charge in [0.05, 0.1) is 16.8 Å². The van der Waals surface area contributed by atoms with Crippen molar-refractivity contribution in [2.45, 2.75) is 43.8 Å². The van der Waals surface area contributed by atoms with Gasteiger partial charge in [-0.2, -0.15) is 17.9 Å². The van der Waals surface area contributed by atoms with E-state index >= 15 is 0 Å². The van der Waals surface area contributed by atoms with Crippen molar-refractivity contribution in [2.24, 2.45) is 0 Å². The molecule has 0 N–H and O–H groups in total. The fourth-order valence-electron chi connectivity index (χ4n) is 3.47. The minimum absolute atomic E-state index is 0.330. The summed E-state index contributed by atoms with van der Waals surface area (Å²) in [7, 11) is 3.94. The molecular weight excluding hydrogens is 319 g/mol. The molecule has 2 aromatic rings. The molecule has 1 aliphatic rings. The van der Waals surface area contributed by atoms with Gasteiger partial charge in [0.2, 0.25) is 0 Å². The van der Waals surface area contributed by atoms with Gasteiger partial charge in [0, 0.05) is 0 Å². The monoisotopic (exact) mass is 339 g/mol. The van der Waals surface area contributed by atoms with Gasteiger partial charge < -0.3 is 0 Å². The Morgan fingerprint density at radius 1 is 1.12 bits per heavy atom. The smallest absolute Gasteiger partial charge is 0.297 e. The van der Waals surface area contributed by atoms with Gasteiger partial charge in [-0.05, 0) is 55.6 Å². The second-order valence-electron chi connectivity index (χ2n) is 6.45. The van der Waals surface area contributed by atoms with Crippen molar-refractivity contribution >= 4 is 0 Å². The topological polar surface area (TPSA) is 46.8 Å². The third kappa shape index (κ3) is 2.90. The number of rotatable bonds is 3. The first-order valence-corrected chi connectivity index (χ1v) is 7.98. The number of benzene rings is 1. The van der Waals surface area contributed by atoms with Gasteiger partial charge >= 0.3 is 6.18 Å². The van der Waals surface area contributed by atoms with Crippen LogP contribution in [0.3, 0.4) is 0 Å². The maximum absolute atomic E-state index is 13.0. The number of hydrogen-bond donors (Lipinski definition) is 0. The van der Waals surface area contributed by atoms with E-state index in [1.807, 2.05) is 14.1 Å². The van der Waals surface area contributed by atoms with E-state index in [4.69, 9.17) is 0 Å². The molecule has 130 valence electrons. The number of aromatic nitrogens is 4. The first-order chi connectivity index (χ1) is 11.3. The normalized spacial score (nSPS) is 18.1. The summed E-state index contributed by atoms with van der Waals surface area (Å²) < 4.78 is 40.4. The largest absolute Gasteiger partial charge is 0.416 e. The van der Waals surface area contributed by atoms with E-state index in [0.29, 0.717) is 11.5 Å². The molecule has 24 heavy (non-hydrogen) atoms. The van der Waals surface area contributed by atoms with Crippen molar-refractivity contribution in [3.05, 3.63) is 35.7 Å². The molecule has 1 aliphatic carbocycles. The van der Waals surface area contributed by atoms with Crippen LogP contribution in [0, 0.1) is 0 Å². The maximum atomic E-state index is 13.0. The Balaban J connectivity index is 2.08. The average molecular weight is 339 g/mol. The Bertz CT molecular complexity index is 702. The zero-order valence-electron chi connectivity index (χ0n) is 13.7. The van der Waals surface area contributed by atoms with Crippen LogP contribution in [-0.4, -0.2) is 39.2 Å². The van der Waals surface area contributed by atoms with Crippen LogP contribution < -0.4 is 0 Å². The summed E-state index contributed by atoms with van der Waals surface area (Å²) in [6.45, 7) is 0. The van der Waals surface area contributed by atoms with Crippen molar-refractivity contribution in [2.75, 3.05) is 14.1 Å². The van der Waals surface area contributed by atoms with E-state index in [9.17, 15) is 13.2 Å². The van der Waals surface area contributed by atoms with Crippen LogP contribution in [-0.2, 0) is 11.7 Å². The lowest BCUT2D eigenvalue weighted by molar-refractivity contribution is -0.137. The van der Waals surface area contributed by atoms with E-state index in [1.54, 1.807) is 6.07 Å². The molecule has 1 fully saturated rings. The standard InChI is InChI=1S/C16H20F3N5/c1-23(2)15(9-4-3-5-10-15)14-20-21-22-24(14)13-8-6-7-12(11-13)16(17,18)19/h6-8,11H,3-5,9-10H2,1-2H3. The van der Waals surface area contributed by atoms with E-state index in [0.717, 1.165) is 44.2 Å². The van der Waals surface area contributed by atoms with Gasteiger partial charge in [-0.25, -0.2) is 0 Å². The van der Waals surface area contributed by atoms with Gasteiger partial charge in [0.15, 0.2) is 5.82 Å². The van der Waals surface area contributed by atoms with Crippen molar-refractivity contribution in [3.63, 3.8) is 0 Å². The summed E-state index contributed by atoms with van der Waals surface area (Å²) in [5.41, 5.74) is -0.726. The molecule has 3 rings (SSSR count). The van der Waals surface area contributed by atoms with Gasteiger partial charge in [-0.1, -0.05) is 25.3 Å². The Hall–Kier alpha value is -1.96. The number of alkyl halides is 3. The number of hydrogen-bond acceptors (Lipinski definition) is 4. The number of nitrogens with zero attached hydrogens (tertiary/aromatic N) is 5. The van der Waals surface area contributed by atoms with Crippen LogP contribution in [0.5, 0.6) is 0 Å². The summed E-state index contributed by atoms with van der Waals surface area (Å²) in [4.78, 5) is 2.09. The second kappa shape index (κ2) is 6.16. The summed E-state index contributed by atoms with van der Waals surface area (Å²) in [6.07, 6.45) is 0.634. The minimum Gasteiger partial charge on any atom is -0.297 e. The highest BCUT2D eigenvalue weighted by Gasteiger charge is 2.41. The summed E-state index contributed by atoms with van der Waals surface area (Å²) in [5.74, 6) is 0.603. The fraction of sp³-hybridized carbons (Fsp3) is 0.562. The Morgan fingerprint density at radius 2 is 1.83 bits per heavy atom. The first-order valence-electron chi connectivity index (χ1n) is 7.98. The molecule has 0 amide bonds. The predicted molar refractivity (Wildman–Crippen MR) is 82.6 cm³/mol. The Labute approximate surface area is 138 Å². The molecule has 0 spiro atoms. The van der Waals surface area contributed by atoms with Crippen molar-refractivity contribution in [1.29, 1.82) is 0 Å². The van der Waals surface area contributed by atoms with Crippen molar-refractivity contribution in [3.8, 4) is 5.69 Å². The molecule has 8 heteroatoms. The van der Waals surface area contributed by atoms with Crippen molar-refractivity contribution < 1.29 is 13.2 Å². The molecule has 0 saturated heterocycles. The van der Waals surface area contributed by atoms with Crippen LogP contribution in [0.1, 0.15) is 43.5 Å². The van der Waals surface area contributed by atoms with Gasteiger partial charge in [-0.3, -0.25) is 4.90 Å². The summed E-state index contributed by atoms with van der Waals surface area (Å²) in [6, 6.07) is 5.12. The van der Waals surface area contributed by atoms with Crippen molar-refractivity contribution in [1.82, 2.24) is 25.1 Å². The zero-order valence-corrected chi connectivity index (χ0v) is 13.7. The third-order valence-electron chi connectivity index (χ3n) is 4.84. The number of halogens is 3. The minimum atomic E-state index is -4.39. The van der Waals surface area contributed by atoms with Gasteiger partial charge in [-0.15, -0.1) is 5.10 Å². The van der Waals surface area contributed by atoms with E-state index < -0.39 is 11.7 Å². The van der Waals surface area contributed by atoms with E-state index in [2.05, 4.69) is 20.4 Å². The molecule has 0 aliphatic heterocycles.